The number of aromatic nitrogens is 1. The number of hydrazine groups is 1. The summed E-state index contributed by atoms with van der Waals surface area (Å²) in [5.74, 6) is -0.100. The van der Waals surface area contributed by atoms with Gasteiger partial charge in [0.05, 0.1) is 11.7 Å². The van der Waals surface area contributed by atoms with Gasteiger partial charge in [0.2, 0.25) is 0 Å². The van der Waals surface area contributed by atoms with E-state index in [4.69, 9.17) is 0 Å². The minimum atomic E-state index is -0.493. The van der Waals surface area contributed by atoms with E-state index < -0.39 is 11.4 Å². The van der Waals surface area contributed by atoms with Gasteiger partial charge in [-0.3, -0.25) is 20.5 Å². The highest BCUT2D eigenvalue weighted by Gasteiger charge is 2.40. The Bertz CT molecular complexity index is 436. The van der Waals surface area contributed by atoms with Gasteiger partial charge in [0, 0.05) is 0 Å². The Kier molecular flexibility index (Phi) is 3.47. The number of amides is 1. The zero-order valence-corrected chi connectivity index (χ0v) is 10.5. The van der Waals surface area contributed by atoms with Gasteiger partial charge in [0.25, 0.3) is 5.91 Å². The fourth-order valence-corrected chi connectivity index (χ4v) is 2.09. The van der Waals surface area contributed by atoms with Crippen LogP contribution in [0.1, 0.15) is 19.8 Å². The van der Waals surface area contributed by atoms with E-state index in [1.807, 2.05) is 18.9 Å². The van der Waals surface area contributed by atoms with E-state index in [-0.39, 0.29) is 5.91 Å². The van der Waals surface area contributed by atoms with Crippen molar-refractivity contribution in [2.24, 2.45) is 0 Å². The molecule has 0 bridgehead atoms. The number of hydrogen-bond acceptors (Lipinski definition) is 4. The van der Waals surface area contributed by atoms with Crippen LogP contribution in [-0.4, -0.2) is 34.9 Å². The van der Waals surface area contributed by atoms with Gasteiger partial charge in [-0.05, 0) is 45.5 Å². The monoisotopic (exact) mass is 252 g/mol. The number of nitrogens with one attached hydrogen (secondary N) is 2. The van der Waals surface area contributed by atoms with Gasteiger partial charge in [-0.1, -0.05) is 0 Å². The molecule has 0 saturated carbocycles. The zero-order valence-electron chi connectivity index (χ0n) is 10.5. The number of likely N-dealkylation sites (N-methyl/N-ethyl adjacent to an activating group) is 1. The van der Waals surface area contributed by atoms with E-state index in [0.717, 1.165) is 25.6 Å². The van der Waals surface area contributed by atoms with Crippen molar-refractivity contribution in [1.82, 2.24) is 15.3 Å². The molecule has 0 aliphatic carbocycles. The molecule has 0 spiro atoms. The zero-order chi connectivity index (χ0) is 13.2. The molecule has 1 atom stereocenters. The summed E-state index contributed by atoms with van der Waals surface area (Å²) in [5, 5.41) is 0. The SMILES string of the molecule is CN1CCC[C@]1(C)C(=O)NNc1ccc(F)cn1. The Morgan fingerprint density at radius 3 is 2.89 bits per heavy atom. The van der Waals surface area contributed by atoms with Gasteiger partial charge in [0.15, 0.2) is 0 Å². The van der Waals surface area contributed by atoms with Gasteiger partial charge in [-0.2, -0.15) is 0 Å². The summed E-state index contributed by atoms with van der Waals surface area (Å²) in [4.78, 5) is 17.9. The lowest BCUT2D eigenvalue weighted by molar-refractivity contribution is -0.129. The average Bonchev–Trinajstić information content (AvgIpc) is 2.70. The van der Waals surface area contributed by atoms with Crippen molar-refractivity contribution in [3.63, 3.8) is 0 Å². The Balaban J connectivity index is 1.94. The second-order valence-corrected chi connectivity index (χ2v) is 4.74. The number of halogens is 1. The first kappa shape index (κ1) is 12.8. The molecule has 0 aromatic carbocycles. The van der Waals surface area contributed by atoms with E-state index in [9.17, 15) is 9.18 Å². The maximum absolute atomic E-state index is 12.7. The topological polar surface area (TPSA) is 57.3 Å². The van der Waals surface area contributed by atoms with Crippen LogP contribution in [-0.2, 0) is 4.79 Å². The lowest BCUT2D eigenvalue weighted by Crippen LogP contribution is -2.53. The summed E-state index contributed by atoms with van der Waals surface area (Å²) >= 11 is 0. The molecule has 1 aliphatic rings. The molecule has 1 aliphatic heterocycles. The molecule has 5 nitrogen and oxygen atoms in total. The second kappa shape index (κ2) is 4.89. The van der Waals surface area contributed by atoms with E-state index in [1.165, 1.54) is 12.1 Å². The summed E-state index contributed by atoms with van der Waals surface area (Å²) in [5.41, 5.74) is 4.81. The van der Waals surface area contributed by atoms with E-state index in [0.29, 0.717) is 5.82 Å². The molecular weight excluding hydrogens is 235 g/mol. The number of anilines is 1. The van der Waals surface area contributed by atoms with Crippen LogP contribution in [0.25, 0.3) is 0 Å². The molecule has 2 heterocycles. The lowest BCUT2D eigenvalue weighted by atomic mass is 9.99. The van der Waals surface area contributed by atoms with E-state index in [2.05, 4.69) is 15.8 Å². The minimum absolute atomic E-state index is 0.103. The normalized spacial score (nSPS) is 23.9. The van der Waals surface area contributed by atoms with Gasteiger partial charge in [0.1, 0.15) is 11.6 Å². The molecule has 1 aromatic heterocycles. The van der Waals surface area contributed by atoms with Crippen LogP contribution in [0.5, 0.6) is 0 Å². The molecule has 1 saturated heterocycles. The molecule has 6 heteroatoms. The highest BCUT2D eigenvalue weighted by molar-refractivity contribution is 5.87. The molecular formula is C12H17FN4O. The van der Waals surface area contributed by atoms with Crippen molar-refractivity contribution in [3.8, 4) is 0 Å². The first-order chi connectivity index (χ1) is 8.52. The first-order valence-corrected chi connectivity index (χ1v) is 5.91. The summed E-state index contributed by atoms with van der Waals surface area (Å²) in [7, 11) is 1.93. The van der Waals surface area contributed by atoms with Crippen molar-refractivity contribution >= 4 is 11.7 Å². The Morgan fingerprint density at radius 1 is 1.56 bits per heavy atom. The minimum Gasteiger partial charge on any atom is -0.293 e. The maximum Gasteiger partial charge on any atom is 0.258 e. The van der Waals surface area contributed by atoms with Crippen LogP contribution >= 0.6 is 0 Å². The van der Waals surface area contributed by atoms with Crippen molar-refractivity contribution in [3.05, 3.63) is 24.1 Å². The number of rotatable bonds is 3. The molecule has 0 unspecified atom stereocenters. The number of likely N-dealkylation sites (tertiary alicyclic amines) is 1. The second-order valence-electron chi connectivity index (χ2n) is 4.74. The number of carbonyl (C=O) groups excluding carboxylic acids is 1. The number of nitrogens with zero attached hydrogens (tertiary/aromatic N) is 2. The van der Waals surface area contributed by atoms with Crippen LogP contribution in [0, 0.1) is 5.82 Å². The third kappa shape index (κ3) is 2.43. The smallest absolute Gasteiger partial charge is 0.258 e. The van der Waals surface area contributed by atoms with Crippen LogP contribution in [0.15, 0.2) is 18.3 Å². The lowest BCUT2D eigenvalue weighted by Gasteiger charge is -2.30. The molecule has 18 heavy (non-hydrogen) atoms. The third-order valence-corrected chi connectivity index (χ3v) is 3.52. The van der Waals surface area contributed by atoms with Crippen LogP contribution in [0.3, 0.4) is 0 Å². The van der Waals surface area contributed by atoms with Gasteiger partial charge >= 0.3 is 0 Å². The van der Waals surface area contributed by atoms with Crippen LogP contribution in [0.4, 0.5) is 10.2 Å². The highest BCUT2D eigenvalue weighted by Crippen LogP contribution is 2.27. The molecule has 2 N–H and O–H groups in total. The molecule has 2 rings (SSSR count). The molecule has 1 amide bonds. The Labute approximate surface area is 105 Å². The Hall–Kier alpha value is -1.69. The fourth-order valence-electron chi connectivity index (χ4n) is 2.09. The number of carbonyl (C=O) groups is 1. The molecule has 1 aromatic rings. The predicted octanol–water partition coefficient (Wildman–Crippen LogP) is 1.15. The summed E-state index contributed by atoms with van der Waals surface area (Å²) in [6.07, 6.45) is 2.93. The van der Waals surface area contributed by atoms with Gasteiger partial charge < -0.3 is 0 Å². The summed E-state index contributed by atoms with van der Waals surface area (Å²) in [6, 6.07) is 2.75. The molecule has 98 valence electrons. The van der Waals surface area contributed by atoms with Gasteiger partial charge in [-0.15, -0.1) is 0 Å². The Morgan fingerprint density at radius 2 is 2.33 bits per heavy atom. The maximum atomic E-state index is 12.7. The van der Waals surface area contributed by atoms with Crippen molar-refractivity contribution in [2.75, 3.05) is 19.0 Å². The largest absolute Gasteiger partial charge is 0.293 e. The third-order valence-electron chi connectivity index (χ3n) is 3.52. The standard InChI is InChI=1S/C12H17FN4O/c1-12(6-3-7-17(12)2)11(18)16-15-10-5-4-9(13)8-14-10/h4-5,8H,3,6-7H2,1-2H3,(H,14,15)(H,16,18)/t12-/m1/s1. The van der Waals surface area contributed by atoms with E-state index >= 15 is 0 Å². The molecule has 1 fully saturated rings. The predicted molar refractivity (Wildman–Crippen MR) is 66.2 cm³/mol. The fraction of sp³-hybridized carbons (Fsp3) is 0.500. The van der Waals surface area contributed by atoms with Crippen molar-refractivity contribution in [1.29, 1.82) is 0 Å². The first-order valence-electron chi connectivity index (χ1n) is 5.91. The summed E-state index contributed by atoms with van der Waals surface area (Å²) in [6.45, 7) is 2.83. The number of pyridine rings is 1. The molecule has 0 radical (unpaired) electrons. The van der Waals surface area contributed by atoms with Crippen LogP contribution in [0.2, 0.25) is 0 Å². The van der Waals surface area contributed by atoms with Crippen molar-refractivity contribution in [2.45, 2.75) is 25.3 Å². The van der Waals surface area contributed by atoms with Gasteiger partial charge in [-0.25, -0.2) is 9.37 Å². The van der Waals surface area contributed by atoms with E-state index in [1.54, 1.807) is 0 Å². The highest BCUT2D eigenvalue weighted by atomic mass is 19.1. The summed E-state index contributed by atoms with van der Waals surface area (Å²) < 4.78 is 12.7. The average molecular weight is 252 g/mol. The quantitative estimate of drug-likeness (QED) is 0.792. The van der Waals surface area contributed by atoms with Crippen molar-refractivity contribution < 1.29 is 9.18 Å². The number of hydrogen-bond donors (Lipinski definition) is 2. The van der Waals surface area contributed by atoms with Crippen LogP contribution < -0.4 is 10.9 Å².